The zero-order valence-corrected chi connectivity index (χ0v) is 9.52. The van der Waals surface area contributed by atoms with Gasteiger partial charge in [-0.2, -0.15) is 11.3 Å². The Morgan fingerprint density at radius 1 is 1.20 bits per heavy atom. The molecule has 0 aliphatic rings. The fraction of sp³-hybridized carbons (Fsp3) is 0.0909. The molecule has 1 aromatic carbocycles. The van der Waals surface area contributed by atoms with E-state index in [0.717, 1.165) is 11.1 Å². The molecule has 4 heteroatoms. The highest BCUT2D eigenvalue weighted by atomic mass is 35.5. The van der Waals surface area contributed by atoms with Crippen molar-refractivity contribution in [1.82, 2.24) is 0 Å². The van der Waals surface area contributed by atoms with Crippen LogP contribution in [0.4, 0.5) is 4.39 Å². The van der Waals surface area contributed by atoms with Crippen LogP contribution in [0.5, 0.6) is 0 Å². The van der Waals surface area contributed by atoms with Crippen LogP contribution in [0.1, 0.15) is 17.2 Å². The Labute approximate surface area is 98.2 Å². The van der Waals surface area contributed by atoms with Gasteiger partial charge in [0.2, 0.25) is 0 Å². The lowest BCUT2D eigenvalue weighted by molar-refractivity contribution is 0.623. The maximum atomic E-state index is 12.9. The van der Waals surface area contributed by atoms with Crippen LogP contribution in [0.25, 0.3) is 0 Å². The quantitative estimate of drug-likeness (QED) is 0.860. The maximum Gasteiger partial charge on any atom is 0.123 e. The standard InChI is InChI=1S/C11H10FNS.ClH/c12-10-3-1-2-8(6-10)11(13)9-4-5-14-7-9;/h1-7,11H,13H2;1H/t11-;/m1./s1. The summed E-state index contributed by atoms with van der Waals surface area (Å²) in [5.41, 5.74) is 7.81. The largest absolute Gasteiger partial charge is 0.320 e. The van der Waals surface area contributed by atoms with Crippen LogP contribution in [-0.2, 0) is 0 Å². The topological polar surface area (TPSA) is 26.0 Å². The maximum absolute atomic E-state index is 12.9. The van der Waals surface area contributed by atoms with Crippen molar-refractivity contribution in [3.05, 3.63) is 58.0 Å². The minimum Gasteiger partial charge on any atom is -0.320 e. The van der Waals surface area contributed by atoms with E-state index in [1.807, 2.05) is 22.9 Å². The summed E-state index contributed by atoms with van der Waals surface area (Å²) in [7, 11) is 0. The summed E-state index contributed by atoms with van der Waals surface area (Å²) in [6.45, 7) is 0. The first-order valence-electron chi connectivity index (χ1n) is 4.30. The van der Waals surface area contributed by atoms with Gasteiger partial charge in [0.1, 0.15) is 5.82 Å². The Kier molecular flexibility index (Phi) is 4.27. The molecular weight excluding hydrogens is 233 g/mol. The Morgan fingerprint density at radius 3 is 2.60 bits per heavy atom. The lowest BCUT2D eigenvalue weighted by atomic mass is 10.0. The van der Waals surface area contributed by atoms with Gasteiger partial charge in [-0.15, -0.1) is 12.4 Å². The zero-order valence-electron chi connectivity index (χ0n) is 7.89. The fourth-order valence-corrected chi connectivity index (χ4v) is 2.04. The van der Waals surface area contributed by atoms with Gasteiger partial charge in [-0.05, 0) is 40.1 Å². The molecule has 0 spiro atoms. The molecule has 2 aromatic rings. The molecule has 2 N–H and O–H groups in total. The van der Waals surface area contributed by atoms with Crippen molar-refractivity contribution in [3.63, 3.8) is 0 Å². The van der Waals surface area contributed by atoms with Crippen molar-refractivity contribution in [2.45, 2.75) is 6.04 Å². The lowest BCUT2D eigenvalue weighted by Crippen LogP contribution is -2.10. The summed E-state index contributed by atoms with van der Waals surface area (Å²) in [6.07, 6.45) is 0. The average Bonchev–Trinajstić information content (AvgIpc) is 2.69. The lowest BCUT2D eigenvalue weighted by Gasteiger charge is -2.09. The van der Waals surface area contributed by atoms with Crippen molar-refractivity contribution < 1.29 is 4.39 Å². The van der Waals surface area contributed by atoms with E-state index in [9.17, 15) is 4.39 Å². The summed E-state index contributed by atoms with van der Waals surface area (Å²) in [5, 5.41) is 3.95. The molecule has 80 valence electrons. The predicted molar refractivity (Wildman–Crippen MR) is 64.0 cm³/mol. The molecule has 0 saturated heterocycles. The first kappa shape index (κ1) is 12.2. The molecule has 0 aliphatic carbocycles. The Bertz CT molecular complexity index is 416. The zero-order chi connectivity index (χ0) is 9.97. The van der Waals surface area contributed by atoms with Crippen molar-refractivity contribution in [1.29, 1.82) is 0 Å². The van der Waals surface area contributed by atoms with Crippen molar-refractivity contribution in [2.75, 3.05) is 0 Å². The number of hydrogen-bond acceptors (Lipinski definition) is 2. The van der Waals surface area contributed by atoms with Crippen LogP contribution in [0, 0.1) is 5.82 Å². The van der Waals surface area contributed by atoms with E-state index in [0.29, 0.717) is 0 Å². The number of thiophene rings is 1. The molecule has 0 aliphatic heterocycles. The molecule has 1 heterocycles. The van der Waals surface area contributed by atoms with Gasteiger partial charge >= 0.3 is 0 Å². The number of halogens is 2. The minimum absolute atomic E-state index is 0. The highest BCUT2D eigenvalue weighted by Crippen LogP contribution is 2.21. The number of nitrogens with two attached hydrogens (primary N) is 1. The second-order valence-corrected chi connectivity index (χ2v) is 3.87. The summed E-state index contributed by atoms with van der Waals surface area (Å²) in [5.74, 6) is -0.242. The van der Waals surface area contributed by atoms with Gasteiger partial charge in [-0.25, -0.2) is 4.39 Å². The predicted octanol–water partition coefficient (Wildman–Crippen LogP) is 3.36. The Morgan fingerprint density at radius 2 is 2.00 bits per heavy atom. The van der Waals surface area contributed by atoms with E-state index < -0.39 is 0 Å². The van der Waals surface area contributed by atoms with Gasteiger partial charge in [0.05, 0.1) is 6.04 Å². The van der Waals surface area contributed by atoms with E-state index in [1.54, 1.807) is 17.4 Å². The first-order valence-corrected chi connectivity index (χ1v) is 5.25. The highest BCUT2D eigenvalue weighted by molar-refractivity contribution is 7.08. The fourth-order valence-electron chi connectivity index (χ4n) is 1.34. The molecule has 1 nitrogen and oxygen atoms in total. The number of benzene rings is 1. The van der Waals surface area contributed by atoms with Crippen molar-refractivity contribution in [3.8, 4) is 0 Å². The second kappa shape index (κ2) is 5.26. The molecular formula is C11H11ClFNS. The monoisotopic (exact) mass is 243 g/mol. The third-order valence-electron chi connectivity index (χ3n) is 2.11. The second-order valence-electron chi connectivity index (χ2n) is 3.09. The van der Waals surface area contributed by atoms with Crippen LogP contribution >= 0.6 is 23.7 Å². The number of hydrogen-bond donors (Lipinski definition) is 1. The molecule has 0 unspecified atom stereocenters. The van der Waals surface area contributed by atoms with E-state index >= 15 is 0 Å². The Hall–Kier alpha value is -0.900. The third kappa shape index (κ3) is 2.78. The number of rotatable bonds is 2. The van der Waals surface area contributed by atoms with Crippen molar-refractivity contribution in [2.24, 2.45) is 5.73 Å². The van der Waals surface area contributed by atoms with Gasteiger partial charge in [-0.1, -0.05) is 12.1 Å². The molecule has 0 bridgehead atoms. The molecule has 1 aromatic heterocycles. The summed E-state index contributed by atoms with van der Waals surface area (Å²) in [4.78, 5) is 0. The minimum atomic E-state index is -0.242. The van der Waals surface area contributed by atoms with Crippen LogP contribution in [0.2, 0.25) is 0 Å². The van der Waals surface area contributed by atoms with Gasteiger partial charge in [0, 0.05) is 0 Å². The highest BCUT2D eigenvalue weighted by Gasteiger charge is 2.09. The molecule has 15 heavy (non-hydrogen) atoms. The third-order valence-corrected chi connectivity index (χ3v) is 2.81. The summed E-state index contributed by atoms with van der Waals surface area (Å²) in [6, 6.07) is 8.14. The van der Waals surface area contributed by atoms with Crippen LogP contribution in [0.3, 0.4) is 0 Å². The molecule has 0 saturated carbocycles. The molecule has 0 radical (unpaired) electrons. The van der Waals surface area contributed by atoms with Gasteiger partial charge in [0.15, 0.2) is 0 Å². The van der Waals surface area contributed by atoms with Gasteiger partial charge in [-0.3, -0.25) is 0 Å². The van der Waals surface area contributed by atoms with Gasteiger partial charge in [0.25, 0.3) is 0 Å². The SMILES string of the molecule is Cl.N[C@@H](c1ccsc1)c1cccc(F)c1. The van der Waals surface area contributed by atoms with E-state index in [4.69, 9.17) is 5.73 Å². The van der Waals surface area contributed by atoms with Gasteiger partial charge < -0.3 is 5.73 Å². The average molecular weight is 244 g/mol. The van der Waals surface area contributed by atoms with Crippen LogP contribution in [-0.4, -0.2) is 0 Å². The van der Waals surface area contributed by atoms with Crippen molar-refractivity contribution >= 4 is 23.7 Å². The Balaban J connectivity index is 0.00000112. The molecule has 0 amide bonds. The van der Waals surface area contributed by atoms with E-state index in [1.165, 1.54) is 12.1 Å². The van der Waals surface area contributed by atoms with E-state index in [-0.39, 0.29) is 24.3 Å². The van der Waals surface area contributed by atoms with Crippen LogP contribution < -0.4 is 5.73 Å². The normalized spacial score (nSPS) is 11.9. The summed E-state index contributed by atoms with van der Waals surface area (Å²) >= 11 is 1.59. The van der Waals surface area contributed by atoms with E-state index in [2.05, 4.69) is 0 Å². The molecule has 2 rings (SSSR count). The molecule has 0 fully saturated rings. The summed E-state index contributed by atoms with van der Waals surface area (Å²) < 4.78 is 12.9. The molecule has 1 atom stereocenters. The smallest absolute Gasteiger partial charge is 0.123 e. The van der Waals surface area contributed by atoms with Crippen LogP contribution in [0.15, 0.2) is 41.1 Å². The first-order chi connectivity index (χ1) is 6.77.